The number of nitrogens with zero attached hydrogens (tertiary/aromatic N) is 3. The molecule has 1 saturated carbocycles. The van der Waals surface area contributed by atoms with Crippen LogP contribution in [0.1, 0.15) is 80.6 Å². The van der Waals surface area contributed by atoms with E-state index in [1.807, 2.05) is 14.0 Å². The van der Waals surface area contributed by atoms with Crippen molar-refractivity contribution < 1.29 is 0 Å². The van der Waals surface area contributed by atoms with Crippen LogP contribution < -0.4 is 0 Å². The molecule has 2 aliphatic rings. The second-order valence-corrected chi connectivity index (χ2v) is 10.5. The van der Waals surface area contributed by atoms with Gasteiger partial charge >= 0.3 is 0 Å². The van der Waals surface area contributed by atoms with Crippen LogP contribution >= 0.6 is 0 Å². The molecule has 0 amide bonds. The topological polar surface area (TPSA) is 28.0 Å². The van der Waals surface area contributed by atoms with Gasteiger partial charge in [-0.3, -0.25) is 9.98 Å². The Hall–Kier alpha value is -2.52. The first-order valence-corrected chi connectivity index (χ1v) is 13.6. The molecule has 3 heteroatoms. The molecule has 1 fully saturated rings. The van der Waals surface area contributed by atoms with E-state index < -0.39 is 0 Å². The molecule has 0 radical (unpaired) electrons. The van der Waals surface area contributed by atoms with E-state index in [4.69, 9.17) is 4.99 Å². The zero-order chi connectivity index (χ0) is 26.8. The summed E-state index contributed by atoms with van der Waals surface area (Å²) < 4.78 is 0. The Balaban J connectivity index is 2.63. The largest absolute Gasteiger partial charge is 0.302 e. The van der Waals surface area contributed by atoms with Gasteiger partial charge < -0.3 is 4.90 Å². The van der Waals surface area contributed by atoms with Gasteiger partial charge in [0.15, 0.2) is 0 Å². The molecular formula is C33H49N3. The SMILES string of the molecule is C=C(C)/C(C)=C/C(=NC)C(=C/C(C)=C1CCC1)/N=C(\C(C)=C/C(=C\C)C1=CCN(C)CC1)C(C)CC. The first kappa shape index (κ1) is 29.7. The maximum Gasteiger partial charge on any atom is 0.0887 e. The van der Waals surface area contributed by atoms with Crippen LogP contribution in [0.25, 0.3) is 0 Å². The van der Waals surface area contributed by atoms with E-state index in [1.165, 1.54) is 41.6 Å². The summed E-state index contributed by atoms with van der Waals surface area (Å²) in [6, 6.07) is 0. The lowest BCUT2D eigenvalue weighted by Crippen LogP contribution is -2.24. The van der Waals surface area contributed by atoms with Crippen molar-refractivity contribution in [2.45, 2.75) is 80.6 Å². The van der Waals surface area contributed by atoms with E-state index in [1.54, 1.807) is 5.57 Å². The third kappa shape index (κ3) is 8.27. The number of likely N-dealkylation sites (N-methyl/N-ethyl adjacent to an activating group) is 1. The maximum atomic E-state index is 5.37. The fraction of sp³-hybridized carbons (Fsp3) is 0.515. The molecule has 3 nitrogen and oxygen atoms in total. The van der Waals surface area contributed by atoms with Gasteiger partial charge in [-0.15, -0.1) is 0 Å². The summed E-state index contributed by atoms with van der Waals surface area (Å²) in [5.41, 5.74) is 12.0. The molecule has 0 bridgehead atoms. The van der Waals surface area contributed by atoms with Crippen LogP contribution in [-0.2, 0) is 0 Å². The molecule has 2 rings (SSSR count). The minimum Gasteiger partial charge on any atom is -0.302 e. The van der Waals surface area contributed by atoms with E-state index in [0.717, 1.165) is 54.2 Å². The number of aliphatic imine (C=N–C) groups is 2. The predicted octanol–water partition coefficient (Wildman–Crippen LogP) is 8.61. The highest BCUT2D eigenvalue weighted by Gasteiger charge is 2.17. The van der Waals surface area contributed by atoms with Crippen molar-refractivity contribution in [1.82, 2.24) is 4.90 Å². The lowest BCUT2D eigenvalue weighted by atomic mass is 9.88. The molecule has 0 aromatic rings. The molecule has 0 saturated heterocycles. The standard InChI is InChI=1S/C33H49N3/c1-11-24(5)33(27(8)20-28(12-2)30-16-18-36(10)19-17-30)35-32(22-26(7)29-14-13-15-29)31(34-9)21-25(6)23(3)4/h12,16,20-22,24H,3,11,13-15,17-19H2,1-2,4-10H3/b25-21+,27-20-,28-12+,32-22-,34-31?,35-33-. The van der Waals surface area contributed by atoms with E-state index in [2.05, 4.69) is 95.4 Å². The minimum absolute atomic E-state index is 0.343. The molecule has 1 atom stereocenters. The number of hydrogen-bond acceptors (Lipinski definition) is 3. The summed E-state index contributed by atoms with van der Waals surface area (Å²) in [5, 5.41) is 0. The van der Waals surface area contributed by atoms with Gasteiger partial charge in [-0.25, -0.2) is 0 Å². The smallest absolute Gasteiger partial charge is 0.0887 e. The summed E-state index contributed by atoms with van der Waals surface area (Å²) in [6.07, 6.45) is 17.2. The lowest BCUT2D eigenvalue weighted by Gasteiger charge is -2.23. The summed E-state index contributed by atoms with van der Waals surface area (Å²) in [4.78, 5) is 12.4. The molecule has 196 valence electrons. The van der Waals surface area contributed by atoms with Gasteiger partial charge in [0.1, 0.15) is 0 Å². The number of hydrogen-bond donors (Lipinski definition) is 0. The third-order valence-corrected chi connectivity index (χ3v) is 7.59. The highest BCUT2D eigenvalue weighted by atomic mass is 15.1. The van der Waals surface area contributed by atoms with Crippen LogP contribution in [0.5, 0.6) is 0 Å². The van der Waals surface area contributed by atoms with Crippen LogP contribution in [0.3, 0.4) is 0 Å². The Kier molecular flexibility index (Phi) is 11.8. The van der Waals surface area contributed by atoms with E-state index in [9.17, 15) is 0 Å². The average Bonchev–Trinajstić information content (AvgIpc) is 2.82. The van der Waals surface area contributed by atoms with Crippen molar-refractivity contribution in [2.75, 3.05) is 27.2 Å². The van der Waals surface area contributed by atoms with Crippen LogP contribution in [0.15, 0.2) is 91.7 Å². The quantitative estimate of drug-likeness (QED) is 0.224. The molecule has 0 spiro atoms. The van der Waals surface area contributed by atoms with Crippen molar-refractivity contribution in [3.05, 3.63) is 81.7 Å². The monoisotopic (exact) mass is 487 g/mol. The van der Waals surface area contributed by atoms with E-state index in [0.29, 0.717) is 5.92 Å². The Morgan fingerprint density at radius 1 is 1.08 bits per heavy atom. The van der Waals surface area contributed by atoms with Crippen molar-refractivity contribution in [2.24, 2.45) is 15.9 Å². The first-order valence-electron chi connectivity index (χ1n) is 13.6. The third-order valence-electron chi connectivity index (χ3n) is 7.59. The molecule has 36 heavy (non-hydrogen) atoms. The lowest BCUT2D eigenvalue weighted by molar-refractivity contribution is 0.361. The number of allylic oxidation sites excluding steroid dienone is 10. The highest BCUT2D eigenvalue weighted by molar-refractivity contribution is 6.12. The van der Waals surface area contributed by atoms with Crippen molar-refractivity contribution in [3.63, 3.8) is 0 Å². The van der Waals surface area contributed by atoms with Gasteiger partial charge in [-0.05, 0) is 120 Å². The Morgan fingerprint density at radius 3 is 2.25 bits per heavy atom. The molecule has 0 aromatic heterocycles. The van der Waals surface area contributed by atoms with Gasteiger partial charge in [-0.1, -0.05) is 49.8 Å². The van der Waals surface area contributed by atoms with Crippen LogP contribution in [0.4, 0.5) is 0 Å². The summed E-state index contributed by atoms with van der Waals surface area (Å²) in [5.74, 6) is 0.343. The van der Waals surface area contributed by atoms with Gasteiger partial charge in [0, 0.05) is 25.8 Å². The Labute approximate surface area is 221 Å². The van der Waals surface area contributed by atoms with Gasteiger partial charge in [0.2, 0.25) is 0 Å². The fourth-order valence-corrected chi connectivity index (χ4v) is 4.41. The molecule has 1 aliphatic heterocycles. The van der Waals surface area contributed by atoms with Gasteiger partial charge in [0.25, 0.3) is 0 Å². The van der Waals surface area contributed by atoms with E-state index >= 15 is 0 Å². The summed E-state index contributed by atoms with van der Waals surface area (Å²) in [6.45, 7) is 21.5. The first-order chi connectivity index (χ1) is 17.1. The van der Waals surface area contributed by atoms with Crippen LogP contribution in [-0.4, -0.2) is 43.5 Å². The van der Waals surface area contributed by atoms with Crippen molar-refractivity contribution >= 4 is 11.4 Å². The van der Waals surface area contributed by atoms with Crippen molar-refractivity contribution in [1.29, 1.82) is 0 Å². The molecule has 1 aliphatic carbocycles. The second-order valence-electron chi connectivity index (χ2n) is 10.5. The zero-order valence-corrected chi connectivity index (χ0v) is 24.5. The average molecular weight is 488 g/mol. The molecular weight excluding hydrogens is 438 g/mol. The zero-order valence-electron chi connectivity index (χ0n) is 24.5. The van der Waals surface area contributed by atoms with Crippen molar-refractivity contribution in [3.8, 4) is 0 Å². The minimum atomic E-state index is 0.343. The maximum absolute atomic E-state index is 5.37. The summed E-state index contributed by atoms with van der Waals surface area (Å²) >= 11 is 0. The summed E-state index contributed by atoms with van der Waals surface area (Å²) in [7, 11) is 4.05. The normalized spacial score (nSPS) is 20.2. The Morgan fingerprint density at radius 2 is 1.78 bits per heavy atom. The molecule has 0 aromatic carbocycles. The molecule has 1 unspecified atom stereocenters. The van der Waals surface area contributed by atoms with Gasteiger partial charge in [0.05, 0.1) is 11.4 Å². The number of rotatable bonds is 10. The predicted molar refractivity (Wildman–Crippen MR) is 161 cm³/mol. The molecule has 0 N–H and O–H groups in total. The van der Waals surface area contributed by atoms with E-state index in [-0.39, 0.29) is 0 Å². The fourth-order valence-electron chi connectivity index (χ4n) is 4.41. The van der Waals surface area contributed by atoms with Crippen LogP contribution in [0, 0.1) is 5.92 Å². The second kappa shape index (κ2) is 14.3. The Bertz CT molecular complexity index is 1060. The molecule has 1 heterocycles. The van der Waals surface area contributed by atoms with Crippen LogP contribution in [0.2, 0.25) is 0 Å². The highest BCUT2D eigenvalue weighted by Crippen LogP contribution is 2.30. The van der Waals surface area contributed by atoms with Gasteiger partial charge in [-0.2, -0.15) is 0 Å².